The minimum absolute atomic E-state index is 0.579. The maximum atomic E-state index is 5.74. The molecule has 164 valence electrons. The van der Waals surface area contributed by atoms with Crippen LogP contribution in [0, 0.1) is 12.8 Å². The summed E-state index contributed by atoms with van der Waals surface area (Å²) < 4.78 is 13.1. The van der Waals surface area contributed by atoms with Gasteiger partial charge in [-0.3, -0.25) is 4.99 Å². The van der Waals surface area contributed by atoms with Crippen LogP contribution in [0.2, 0.25) is 0 Å². The van der Waals surface area contributed by atoms with Crippen LogP contribution in [0.15, 0.2) is 41.5 Å². The van der Waals surface area contributed by atoms with Crippen molar-refractivity contribution < 1.29 is 9.47 Å². The van der Waals surface area contributed by atoms with Gasteiger partial charge in [-0.25, -0.2) is 4.68 Å². The fraction of sp³-hybridized carbons (Fsp3) is 0.565. The summed E-state index contributed by atoms with van der Waals surface area (Å²) in [7, 11) is 1.81. The van der Waals surface area contributed by atoms with Gasteiger partial charge in [-0.15, -0.1) is 0 Å². The van der Waals surface area contributed by atoms with Crippen LogP contribution in [-0.4, -0.2) is 62.3 Å². The molecule has 7 heteroatoms. The van der Waals surface area contributed by atoms with Gasteiger partial charge in [0.15, 0.2) is 5.96 Å². The Kier molecular flexibility index (Phi) is 9.18. The Morgan fingerprint density at radius 3 is 2.77 bits per heavy atom. The zero-order chi connectivity index (χ0) is 21.0. The van der Waals surface area contributed by atoms with Crippen LogP contribution in [0.25, 0.3) is 5.69 Å². The number of aryl methyl sites for hydroxylation is 2. The zero-order valence-corrected chi connectivity index (χ0v) is 18.3. The highest BCUT2D eigenvalue weighted by molar-refractivity contribution is 5.79. The summed E-state index contributed by atoms with van der Waals surface area (Å²) in [5.74, 6) is 1.42. The first kappa shape index (κ1) is 22.3. The SMILES string of the molecule is CN=C(NCCCOCC1CCOC1)NCCCc1cn(-c2ccccc2)nc1C. The van der Waals surface area contributed by atoms with Gasteiger partial charge in [-0.1, -0.05) is 18.2 Å². The van der Waals surface area contributed by atoms with Crippen LogP contribution in [0.3, 0.4) is 0 Å². The van der Waals surface area contributed by atoms with E-state index in [0.717, 1.165) is 82.5 Å². The Labute approximate surface area is 179 Å². The maximum Gasteiger partial charge on any atom is 0.190 e. The second-order valence-electron chi connectivity index (χ2n) is 7.71. The van der Waals surface area contributed by atoms with E-state index in [0.29, 0.717) is 5.92 Å². The van der Waals surface area contributed by atoms with E-state index >= 15 is 0 Å². The summed E-state index contributed by atoms with van der Waals surface area (Å²) in [6, 6.07) is 10.2. The highest BCUT2D eigenvalue weighted by atomic mass is 16.5. The summed E-state index contributed by atoms with van der Waals surface area (Å²) in [4.78, 5) is 4.30. The molecule has 0 radical (unpaired) electrons. The second kappa shape index (κ2) is 12.3. The van der Waals surface area contributed by atoms with Crippen LogP contribution >= 0.6 is 0 Å². The van der Waals surface area contributed by atoms with E-state index in [4.69, 9.17) is 9.47 Å². The molecular formula is C23H35N5O2. The van der Waals surface area contributed by atoms with Gasteiger partial charge in [0.1, 0.15) is 0 Å². The van der Waals surface area contributed by atoms with Gasteiger partial charge in [0.05, 0.1) is 24.6 Å². The lowest BCUT2D eigenvalue weighted by atomic mass is 10.1. The number of para-hydroxylation sites is 1. The molecule has 30 heavy (non-hydrogen) atoms. The Morgan fingerprint density at radius 2 is 2.03 bits per heavy atom. The molecule has 0 spiro atoms. The third-order valence-corrected chi connectivity index (χ3v) is 5.30. The second-order valence-corrected chi connectivity index (χ2v) is 7.71. The van der Waals surface area contributed by atoms with E-state index in [2.05, 4.69) is 46.0 Å². The summed E-state index contributed by atoms with van der Waals surface area (Å²) >= 11 is 0. The van der Waals surface area contributed by atoms with Gasteiger partial charge < -0.3 is 20.1 Å². The molecule has 1 aromatic carbocycles. The normalized spacial score (nSPS) is 16.7. The third kappa shape index (κ3) is 7.15. The lowest BCUT2D eigenvalue weighted by Crippen LogP contribution is -2.38. The van der Waals surface area contributed by atoms with Crippen molar-refractivity contribution in [1.82, 2.24) is 20.4 Å². The van der Waals surface area contributed by atoms with Crippen LogP contribution in [0.1, 0.15) is 30.5 Å². The van der Waals surface area contributed by atoms with E-state index in [-0.39, 0.29) is 0 Å². The maximum absolute atomic E-state index is 5.74. The highest BCUT2D eigenvalue weighted by Crippen LogP contribution is 2.13. The zero-order valence-electron chi connectivity index (χ0n) is 18.3. The molecule has 2 N–H and O–H groups in total. The topological polar surface area (TPSA) is 72.7 Å². The van der Waals surface area contributed by atoms with Crippen LogP contribution in [0.4, 0.5) is 0 Å². The number of ether oxygens (including phenoxy) is 2. The molecule has 1 aliphatic heterocycles. The minimum atomic E-state index is 0.579. The van der Waals surface area contributed by atoms with Gasteiger partial charge in [0, 0.05) is 45.5 Å². The molecule has 0 aliphatic carbocycles. The smallest absolute Gasteiger partial charge is 0.190 e. The monoisotopic (exact) mass is 413 g/mol. The number of aromatic nitrogens is 2. The molecule has 0 bridgehead atoms. The molecule has 1 saturated heterocycles. The Balaban J connectivity index is 1.28. The van der Waals surface area contributed by atoms with Crippen molar-refractivity contribution >= 4 is 5.96 Å². The lowest BCUT2D eigenvalue weighted by Gasteiger charge is -2.12. The summed E-state index contributed by atoms with van der Waals surface area (Å²) in [5, 5.41) is 11.4. The number of nitrogens with zero attached hydrogens (tertiary/aromatic N) is 3. The average molecular weight is 414 g/mol. The first-order valence-electron chi connectivity index (χ1n) is 11.0. The quantitative estimate of drug-likeness (QED) is 0.337. The number of hydrogen-bond acceptors (Lipinski definition) is 4. The van der Waals surface area contributed by atoms with Crippen molar-refractivity contribution in [3.63, 3.8) is 0 Å². The molecule has 0 amide bonds. The van der Waals surface area contributed by atoms with Crippen molar-refractivity contribution in [3.05, 3.63) is 47.8 Å². The van der Waals surface area contributed by atoms with Crippen molar-refractivity contribution in [1.29, 1.82) is 0 Å². The molecule has 2 aromatic rings. The predicted octanol–water partition coefficient (Wildman–Crippen LogP) is 2.72. The number of guanidine groups is 1. The van der Waals surface area contributed by atoms with Gasteiger partial charge >= 0.3 is 0 Å². The summed E-state index contributed by atoms with van der Waals surface area (Å²) in [5.41, 5.74) is 3.47. The van der Waals surface area contributed by atoms with Crippen molar-refractivity contribution in [2.24, 2.45) is 10.9 Å². The number of nitrogens with one attached hydrogen (secondary N) is 2. The Bertz CT molecular complexity index is 769. The van der Waals surface area contributed by atoms with E-state index in [1.807, 2.05) is 22.9 Å². The highest BCUT2D eigenvalue weighted by Gasteiger charge is 2.15. The molecule has 2 heterocycles. The fourth-order valence-electron chi connectivity index (χ4n) is 3.51. The average Bonchev–Trinajstić information content (AvgIpc) is 3.42. The summed E-state index contributed by atoms with van der Waals surface area (Å²) in [6.07, 6.45) is 6.24. The first-order valence-corrected chi connectivity index (χ1v) is 11.0. The standard InChI is InChI=1S/C23H35N5O2/c1-19-21(16-28(27-19)22-9-4-3-5-10-22)8-6-12-25-23(24-2)26-13-7-14-29-17-20-11-15-30-18-20/h3-5,9-10,16,20H,6-8,11-15,17-18H2,1-2H3,(H2,24,25,26). The van der Waals surface area contributed by atoms with E-state index in [9.17, 15) is 0 Å². The molecule has 1 atom stereocenters. The van der Waals surface area contributed by atoms with E-state index in [1.165, 1.54) is 5.56 Å². The molecule has 3 rings (SSSR count). The fourth-order valence-corrected chi connectivity index (χ4v) is 3.51. The third-order valence-electron chi connectivity index (χ3n) is 5.30. The van der Waals surface area contributed by atoms with Gasteiger partial charge in [0.2, 0.25) is 0 Å². The molecule has 0 saturated carbocycles. The van der Waals surface area contributed by atoms with Gasteiger partial charge in [0.25, 0.3) is 0 Å². The van der Waals surface area contributed by atoms with Gasteiger partial charge in [-0.2, -0.15) is 5.10 Å². The van der Waals surface area contributed by atoms with Crippen molar-refractivity contribution in [2.75, 3.05) is 46.6 Å². The lowest BCUT2D eigenvalue weighted by molar-refractivity contribution is 0.0888. The number of benzene rings is 1. The van der Waals surface area contributed by atoms with Crippen LogP contribution < -0.4 is 10.6 Å². The van der Waals surface area contributed by atoms with Crippen molar-refractivity contribution in [2.45, 2.75) is 32.6 Å². The molecule has 1 fully saturated rings. The molecule has 1 aliphatic rings. The summed E-state index contributed by atoms with van der Waals surface area (Å²) in [6.45, 7) is 7.11. The van der Waals surface area contributed by atoms with E-state index in [1.54, 1.807) is 7.05 Å². The largest absolute Gasteiger partial charge is 0.381 e. The minimum Gasteiger partial charge on any atom is -0.381 e. The number of hydrogen-bond donors (Lipinski definition) is 2. The van der Waals surface area contributed by atoms with Gasteiger partial charge in [-0.05, 0) is 50.3 Å². The molecule has 1 unspecified atom stereocenters. The number of aliphatic imine (C=N–C) groups is 1. The van der Waals surface area contributed by atoms with Crippen LogP contribution in [0.5, 0.6) is 0 Å². The number of rotatable bonds is 11. The molecule has 1 aromatic heterocycles. The Hall–Kier alpha value is -2.38. The van der Waals surface area contributed by atoms with Crippen molar-refractivity contribution in [3.8, 4) is 5.69 Å². The van der Waals surface area contributed by atoms with E-state index < -0.39 is 0 Å². The predicted molar refractivity (Wildman–Crippen MR) is 120 cm³/mol. The Morgan fingerprint density at radius 1 is 1.23 bits per heavy atom. The first-order chi connectivity index (χ1) is 14.8. The molecule has 7 nitrogen and oxygen atoms in total. The molecular weight excluding hydrogens is 378 g/mol. The van der Waals surface area contributed by atoms with Crippen LogP contribution in [-0.2, 0) is 15.9 Å².